The molecule has 0 aliphatic heterocycles. The number of fused-ring (bicyclic) bond motifs is 2. The van der Waals surface area contributed by atoms with Crippen molar-refractivity contribution in [3.8, 4) is 0 Å². The lowest BCUT2D eigenvalue weighted by Crippen LogP contribution is -2.30. The number of methoxy groups -OCH3 is 2. The largest absolute Gasteiger partial charge is 0.492 e. The first kappa shape index (κ1) is 42.9. The van der Waals surface area contributed by atoms with Crippen LogP contribution in [-0.2, 0) is 45.9 Å². The molecule has 2 aromatic heterocycles. The minimum Gasteiger partial charge on any atom is -0.492 e. The Morgan fingerprint density at radius 3 is 1.53 bits per heavy atom. The lowest BCUT2D eigenvalue weighted by atomic mass is 9.97. The number of Topliss-reactive ketones (excluding diaryl/α,β-unsaturated/α-hetero) is 2. The van der Waals surface area contributed by atoms with Gasteiger partial charge in [-0.15, -0.1) is 0 Å². The van der Waals surface area contributed by atoms with E-state index in [0.29, 0.717) is 40.6 Å². The maximum atomic E-state index is 13.6. The van der Waals surface area contributed by atoms with Gasteiger partial charge in [0.25, 0.3) is 0 Å². The summed E-state index contributed by atoms with van der Waals surface area (Å²) in [5.74, 6) is 0.479. The van der Waals surface area contributed by atoms with Crippen LogP contribution in [0.2, 0.25) is 0 Å². The number of aromatic nitrogens is 2. The zero-order valence-corrected chi connectivity index (χ0v) is 32.3. The van der Waals surface area contributed by atoms with Gasteiger partial charge in [-0.2, -0.15) is 0 Å². The van der Waals surface area contributed by atoms with Crippen LogP contribution >= 0.6 is 55.5 Å². The van der Waals surface area contributed by atoms with Gasteiger partial charge in [-0.25, -0.2) is 9.34 Å². The quantitative estimate of drug-likeness (QED) is 0.219. The topological polar surface area (TPSA) is 150 Å². The second-order valence-electron chi connectivity index (χ2n) is 9.85. The lowest BCUT2D eigenvalue weighted by Gasteiger charge is -2.33. The third-order valence-corrected chi connectivity index (χ3v) is 10.4. The Bertz CT molecular complexity index is 1570. The summed E-state index contributed by atoms with van der Waals surface area (Å²) in [5, 5.41) is 10.4. The molecular weight excluding hydrogens is 831 g/mol. The zero-order valence-electron chi connectivity index (χ0n) is 26.6. The van der Waals surface area contributed by atoms with E-state index in [1.165, 1.54) is 26.4 Å². The highest BCUT2D eigenvalue weighted by Crippen LogP contribution is 2.53. The molecular formula is C30H42Br3N4O9P. The van der Waals surface area contributed by atoms with Crippen molar-refractivity contribution < 1.29 is 42.8 Å². The van der Waals surface area contributed by atoms with Crippen LogP contribution in [0.4, 0.5) is 0 Å². The highest BCUT2D eigenvalue weighted by Gasteiger charge is 2.37. The molecule has 4 rings (SSSR count). The van der Waals surface area contributed by atoms with Gasteiger partial charge in [-0.3, -0.25) is 23.7 Å². The minimum atomic E-state index is -3.33. The SMILES string of the molecule is C.CBr.COC1=CC(=O)c2c(c(CO)cn2C)C1=O.COC1=CC(=O)c2c(c(COP(=O)(N(C)CCBr)N(C)CCBr)cn2C)C1=O. The molecule has 13 nitrogen and oxygen atoms in total. The number of hydrogen-bond acceptors (Lipinski definition) is 9. The molecule has 2 aliphatic rings. The van der Waals surface area contributed by atoms with Crippen molar-refractivity contribution in [2.45, 2.75) is 20.6 Å². The second-order valence-corrected chi connectivity index (χ2v) is 14.0. The number of nitrogens with zero attached hydrogens (tertiary/aromatic N) is 4. The van der Waals surface area contributed by atoms with E-state index < -0.39 is 7.67 Å². The number of aryl methyl sites for hydroxylation is 2. The molecule has 0 saturated carbocycles. The van der Waals surface area contributed by atoms with Crippen LogP contribution in [0.3, 0.4) is 0 Å². The van der Waals surface area contributed by atoms with Crippen molar-refractivity contribution in [2.24, 2.45) is 14.1 Å². The maximum Gasteiger partial charge on any atom is 0.345 e. The Labute approximate surface area is 300 Å². The van der Waals surface area contributed by atoms with Gasteiger partial charge in [0.15, 0.2) is 11.5 Å². The van der Waals surface area contributed by atoms with Gasteiger partial charge < -0.3 is 28.2 Å². The number of alkyl halides is 3. The molecule has 0 atom stereocenters. The first-order valence-electron chi connectivity index (χ1n) is 13.6. The van der Waals surface area contributed by atoms with Gasteiger partial charge in [0, 0.05) is 73.5 Å². The summed E-state index contributed by atoms with van der Waals surface area (Å²) in [7, 11) is 6.16. The first-order chi connectivity index (χ1) is 21.8. The van der Waals surface area contributed by atoms with E-state index >= 15 is 0 Å². The highest BCUT2D eigenvalue weighted by atomic mass is 79.9. The van der Waals surface area contributed by atoms with E-state index in [9.17, 15) is 23.7 Å². The molecule has 0 fully saturated rings. The Morgan fingerprint density at radius 2 is 1.17 bits per heavy atom. The number of ether oxygens (including phenoxy) is 2. The fraction of sp³-hybridized carbons (Fsp3) is 0.467. The molecule has 2 aromatic rings. The zero-order chi connectivity index (χ0) is 34.9. The van der Waals surface area contributed by atoms with Crippen molar-refractivity contribution in [1.82, 2.24) is 18.5 Å². The number of hydrogen-bond donors (Lipinski definition) is 1. The first-order valence-corrected chi connectivity index (χ1v) is 19.0. The van der Waals surface area contributed by atoms with Crippen molar-refractivity contribution >= 4 is 78.6 Å². The fourth-order valence-electron chi connectivity index (χ4n) is 4.88. The summed E-state index contributed by atoms with van der Waals surface area (Å²) in [6.45, 7) is 0.685. The Kier molecular flexibility index (Phi) is 17.4. The summed E-state index contributed by atoms with van der Waals surface area (Å²) in [6, 6.07) is 0. The minimum absolute atomic E-state index is 0. The molecule has 0 radical (unpaired) electrons. The van der Waals surface area contributed by atoms with E-state index in [2.05, 4.69) is 47.8 Å². The third kappa shape index (κ3) is 9.09. The summed E-state index contributed by atoms with van der Waals surface area (Å²) >= 11 is 9.65. The molecule has 0 bridgehead atoms. The van der Waals surface area contributed by atoms with E-state index in [1.54, 1.807) is 59.1 Å². The Morgan fingerprint density at radius 1 is 0.787 bits per heavy atom. The van der Waals surface area contributed by atoms with Crippen LogP contribution in [0, 0.1) is 0 Å². The Balaban J connectivity index is 0.000000493. The van der Waals surface area contributed by atoms with Crippen LogP contribution < -0.4 is 0 Å². The van der Waals surface area contributed by atoms with Crippen LogP contribution in [-0.4, -0.2) is 105 Å². The highest BCUT2D eigenvalue weighted by molar-refractivity contribution is 9.09. The van der Waals surface area contributed by atoms with Crippen molar-refractivity contribution in [3.05, 3.63) is 69.7 Å². The molecule has 0 amide bonds. The van der Waals surface area contributed by atoms with Crippen LogP contribution in [0.25, 0.3) is 0 Å². The fourth-order valence-corrected chi connectivity index (χ4v) is 8.42. The molecule has 262 valence electrons. The van der Waals surface area contributed by atoms with Gasteiger partial charge in [-0.05, 0) is 19.9 Å². The summed E-state index contributed by atoms with van der Waals surface area (Å²) in [6.07, 6.45) is 5.60. The predicted octanol–water partition coefficient (Wildman–Crippen LogP) is 5.29. The standard InChI is InChI=1S/C17H24Br2N3O5P.C11H11NO4.CH3Br.CH4/c1-20-10-12(15-16(20)13(23)9-14(26-4)17(15)24)11-27-28(25,21(2)7-5-18)22(3)8-6-19;1-12-4-6(5-13)9-10(12)7(14)3-8(16-2)11(9)15;1-2;/h9-10H,5-8,11H2,1-4H3;3-4,13H,5H2,1-2H3;1H3;1H4. The van der Waals surface area contributed by atoms with Gasteiger partial charge in [0.05, 0.1) is 38.6 Å². The predicted molar refractivity (Wildman–Crippen MR) is 191 cm³/mol. The molecule has 1 N–H and O–H groups in total. The lowest BCUT2D eigenvalue weighted by molar-refractivity contribution is 0.0911. The van der Waals surface area contributed by atoms with Crippen molar-refractivity contribution in [1.29, 1.82) is 0 Å². The van der Waals surface area contributed by atoms with Crippen LogP contribution in [0.1, 0.15) is 60.2 Å². The van der Waals surface area contributed by atoms with Crippen LogP contribution in [0.5, 0.6) is 0 Å². The average Bonchev–Trinajstić information content (AvgIpc) is 3.57. The molecule has 0 aromatic carbocycles. The maximum absolute atomic E-state index is 13.6. The number of rotatable bonds is 12. The van der Waals surface area contributed by atoms with Gasteiger partial charge in [-0.1, -0.05) is 55.2 Å². The molecule has 17 heteroatoms. The van der Waals surface area contributed by atoms with E-state index in [0.717, 1.165) is 0 Å². The summed E-state index contributed by atoms with van der Waals surface area (Å²) < 4.78 is 35.8. The van der Waals surface area contributed by atoms with Gasteiger partial charge in [0.1, 0.15) is 11.4 Å². The van der Waals surface area contributed by atoms with E-state index in [4.69, 9.17) is 19.1 Å². The van der Waals surface area contributed by atoms with Crippen molar-refractivity contribution in [2.75, 3.05) is 57.9 Å². The summed E-state index contributed by atoms with van der Waals surface area (Å²) in [5.41, 5.74) is 2.01. The second kappa shape index (κ2) is 19.1. The molecule has 47 heavy (non-hydrogen) atoms. The summed E-state index contributed by atoms with van der Waals surface area (Å²) in [4.78, 5) is 48.7. The monoisotopic (exact) mass is 870 g/mol. The number of carbonyl (C=O) groups excluding carboxylic acids is 4. The number of aliphatic hydroxyl groups excluding tert-OH is 1. The van der Waals surface area contributed by atoms with Crippen molar-refractivity contribution in [3.63, 3.8) is 0 Å². The molecule has 2 aliphatic carbocycles. The normalized spacial score (nSPS) is 13.9. The molecule has 0 unspecified atom stereocenters. The van der Waals surface area contributed by atoms with E-state index in [1.807, 2.05) is 5.83 Å². The van der Waals surface area contributed by atoms with Gasteiger partial charge >= 0.3 is 7.67 Å². The number of allylic oxidation sites excluding steroid dienone is 4. The smallest absolute Gasteiger partial charge is 0.345 e. The molecule has 2 heterocycles. The number of ketones is 4. The third-order valence-electron chi connectivity index (χ3n) is 7.09. The number of carbonyl (C=O) groups is 4. The van der Waals surface area contributed by atoms with Gasteiger partial charge in [0.2, 0.25) is 23.1 Å². The molecule has 0 saturated heterocycles. The number of halogens is 3. The van der Waals surface area contributed by atoms with Crippen LogP contribution in [0.15, 0.2) is 36.1 Å². The Hall–Kier alpha value is -2.17. The molecule has 0 spiro atoms. The van der Waals surface area contributed by atoms with E-state index in [-0.39, 0.29) is 72.1 Å². The number of aliphatic hydroxyl groups is 1. The average molecular weight is 873 g/mol.